The number of fused-ring (bicyclic) bond motifs is 1. The van der Waals surface area contributed by atoms with Crippen LogP contribution in [0.1, 0.15) is 12.8 Å². The lowest BCUT2D eigenvalue weighted by Crippen LogP contribution is -1.90. The van der Waals surface area contributed by atoms with Crippen LogP contribution in [0.4, 0.5) is 0 Å². The molecule has 3 heterocycles. The molecule has 4 aromatic rings. The molecule has 24 heavy (non-hydrogen) atoms. The molecular formula is C16H14N4O3S. The summed E-state index contributed by atoms with van der Waals surface area (Å²) in [5.41, 5.74) is 1.83. The molecule has 0 atom stereocenters. The average Bonchev–Trinajstić information content (AvgIpc) is 3.32. The van der Waals surface area contributed by atoms with Gasteiger partial charge in [0.2, 0.25) is 5.89 Å². The second-order valence-electron chi connectivity index (χ2n) is 4.92. The zero-order chi connectivity index (χ0) is 16.4. The van der Waals surface area contributed by atoms with Crippen molar-refractivity contribution in [3.05, 3.63) is 42.5 Å². The summed E-state index contributed by atoms with van der Waals surface area (Å²) in [6.45, 7) is 2.59. The monoisotopic (exact) mass is 342 g/mol. The Morgan fingerprint density at radius 1 is 1.25 bits per heavy atom. The van der Waals surface area contributed by atoms with Crippen molar-refractivity contribution >= 4 is 22.8 Å². The maximum Gasteiger partial charge on any atom is 0.283 e. The highest BCUT2D eigenvalue weighted by molar-refractivity contribution is 7.98. The molecule has 3 aromatic heterocycles. The fourth-order valence-electron chi connectivity index (χ4n) is 2.23. The molecule has 0 saturated heterocycles. The number of aromatic nitrogens is 4. The molecule has 0 aliphatic carbocycles. The summed E-state index contributed by atoms with van der Waals surface area (Å²) >= 11 is 1.49. The van der Waals surface area contributed by atoms with E-state index < -0.39 is 0 Å². The maximum absolute atomic E-state index is 5.58. The molecule has 1 aromatic carbocycles. The predicted octanol–water partition coefficient (Wildman–Crippen LogP) is 3.90. The van der Waals surface area contributed by atoms with Crippen LogP contribution in [0.15, 0.2) is 50.6 Å². The third kappa shape index (κ3) is 3.00. The van der Waals surface area contributed by atoms with Gasteiger partial charge in [0, 0.05) is 6.07 Å². The molecule has 0 fully saturated rings. The third-order valence-corrected chi connectivity index (χ3v) is 4.13. The molecule has 0 aliphatic rings. The first-order valence-corrected chi connectivity index (χ1v) is 8.42. The second-order valence-corrected chi connectivity index (χ2v) is 5.88. The first-order chi connectivity index (χ1) is 11.8. The number of ether oxygens (including phenoxy) is 1. The topological polar surface area (TPSA) is 90.0 Å². The fraction of sp³-hybridized carbons (Fsp3) is 0.188. The van der Waals surface area contributed by atoms with E-state index in [1.54, 1.807) is 18.4 Å². The Morgan fingerprint density at radius 2 is 2.21 bits per heavy atom. The molecule has 0 unspecified atom stereocenters. The van der Waals surface area contributed by atoms with Gasteiger partial charge in [0.1, 0.15) is 5.75 Å². The van der Waals surface area contributed by atoms with Crippen LogP contribution in [0.25, 0.3) is 22.7 Å². The number of rotatable bonds is 6. The Labute approximate surface area is 141 Å². The minimum Gasteiger partial charge on any atom is -0.494 e. The molecule has 4 rings (SSSR count). The van der Waals surface area contributed by atoms with Crippen LogP contribution in [-0.4, -0.2) is 26.8 Å². The molecule has 122 valence electrons. The number of imidazole rings is 1. The van der Waals surface area contributed by atoms with Gasteiger partial charge in [-0.2, -0.15) is 0 Å². The summed E-state index contributed by atoms with van der Waals surface area (Å²) in [5.74, 6) is 2.80. The van der Waals surface area contributed by atoms with E-state index in [-0.39, 0.29) is 0 Å². The van der Waals surface area contributed by atoms with Gasteiger partial charge in [-0.15, -0.1) is 10.2 Å². The van der Waals surface area contributed by atoms with E-state index in [9.17, 15) is 0 Å². The number of H-pyrrole nitrogens is 1. The van der Waals surface area contributed by atoms with Crippen LogP contribution in [-0.2, 0) is 5.75 Å². The van der Waals surface area contributed by atoms with Crippen molar-refractivity contribution < 1.29 is 13.6 Å². The van der Waals surface area contributed by atoms with Gasteiger partial charge < -0.3 is 18.6 Å². The van der Waals surface area contributed by atoms with E-state index >= 15 is 0 Å². The zero-order valence-electron chi connectivity index (χ0n) is 12.9. The number of nitrogens with zero attached hydrogens (tertiary/aromatic N) is 3. The lowest BCUT2D eigenvalue weighted by Gasteiger charge is -2.00. The second kappa shape index (κ2) is 6.40. The van der Waals surface area contributed by atoms with Crippen LogP contribution < -0.4 is 4.74 Å². The Bertz CT molecular complexity index is 945. The predicted molar refractivity (Wildman–Crippen MR) is 88.8 cm³/mol. The van der Waals surface area contributed by atoms with Gasteiger partial charge in [-0.05, 0) is 31.2 Å². The normalized spacial score (nSPS) is 11.2. The van der Waals surface area contributed by atoms with Gasteiger partial charge in [-0.25, -0.2) is 4.98 Å². The van der Waals surface area contributed by atoms with Crippen LogP contribution in [0.3, 0.4) is 0 Å². The number of nitrogens with one attached hydrogen (secondary N) is 1. The molecule has 7 nitrogen and oxygen atoms in total. The number of hydrogen-bond acceptors (Lipinski definition) is 7. The van der Waals surface area contributed by atoms with Gasteiger partial charge in [0.05, 0.1) is 29.7 Å². The van der Waals surface area contributed by atoms with Crippen molar-refractivity contribution in [2.24, 2.45) is 0 Å². The van der Waals surface area contributed by atoms with E-state index in [1.165, 1.54) is 11.8 Å². The molecule has 0 spiro atoms. The summed E-state index contributed by atoms with van der Waals surface area (Å²) in [7, 11) is 0. The minimum atomic E-state index is 0.376. The smallest absolute Gasteiger partial charge is 0.283 e. The quantitative estimate of drug-likeness (QED) is 0.531. The fourth-order valence-corrected chi connectivity index (χ4v) is 2.95. The first kappa shape index (κ1) is 14.8. The molecule has 0 saturated carbocycles. The van der Waals surface area contributed by atoms with Crippen molar-refractivity contribution in [1.82, 2.24) is 20.2 Å². The van der Waals surface area contributed by atoms with E-state index in [4.69, 9.17) is 13.6 Å². The van der Waals surface area contributed by atoms with Gasteiger partial charge >= 0.3 is 0 Å². The highest BCUT2D eigenvalue weighted by Crippen LogP contribution is 2.26. The number of thioether (sulfide) groups is 1. The summed E-state index contributed by atoms with van der Waals surface area (Å²) in [6, 6.07) is 9.34. The SMILES string of the molecule is CCOc1ccc2nc(SCc3nnc(-c4ccco4)o3)[nH]c2c1. The molecule has 0 amide bonds. The van der Waals surface area contributed by atoms with Crippen molar-refractivity contribution in [1.29, 1.82) is 0 Å². The molecular weight excluding hydrogens is 328 g/mol. The van der Waals surface area contributed by atoms with E-state index in [1.807, 2.05) is 25.1 Å². The average molecular weight is 342 g/mol. The first-order valence-electron chi connectivity index (χ1n) is 7.43. The lowest BCUT2D eigenvalue weighted by molar-refractivity contribution is 0.340. The summed E-state index contributed by atoms with van der Waals surface area (Å²) in [6.07, 6.45) is 1.57. The molecule has 0 bridgehead atoms. The van der Waals surface area contributed by atoms with Gasteiger partial charge in [-0.3, -0.25) is 0 Å². The van der Waals surface area contributed by atoms with Gasteiger partial charge in [0.25, 0.3) is 5.89 Å². The van der Waals surface area contributed by atoms with Crippen molar-refractivity contribution in [2.45, 2.75) is 17.8 Å². The Morgan fingerprint density at radius 3 is 3.04 bits per heavy atom. The lowest BCUT2D eigenvalue weighted by atomic mass is 10.3. The Hall–Kier alpha value is -2.74. The molecule has 8 heteroatoms. The zero-order valence-corrected chi connectivity index (χ0v) is 13.7. The Kier molecular flexibility index (Phi) is 3.96. The largest absolute Gasteiger partial charge is 0.494 e. The van der Waals surface area contributed by atoms with Crippen molar-refractivity contribution in [3.8, 4) is 17.4 Å². The summed E-state index contributed by atoms with van der Waals surface area (Å²) in [5, 5.41) is 8.78. The standard InChI is InChI=1S/C16H14N4O3S/c1-2-21-10-5-6-11-12(8-10)18-16(17-11)24-9-14-19-20-15(23-14)13-4-3-7-22-13/h3-8H,2,9H2,1H3,(H,17,18). The molecule has 0 aliphatic heterocycles. The molecule has 0 radical (unpaired) electrons. The number of aromatic amines is 1. The van der Waals surface area contributed by atoms with Crippen molar-refractivity contribution in [2.75, 3.05) is 6.61 Å². The van der Waals surface area contributed by atoms with Crippen LogP contribution in [0.2, 0.25) is 0 Å². The van der Waals surface area contributed by atoms with E-state index in [2.05, 4.69) is 20.2 Å². The highest BCUT2D eigenvalue weighted by Gasteiger charge is 2.12. The summed E-state index contributed by atoms with van der Waals surface area (Å²) in [4.78, 5) is 7.79. The van der Waals surface area contributed by atoms with Crippen LogP contribution in [0, 0.1) is 0 Å². The number of furan rings is 1. The highest BCUT2D eigenvalue weighted by atomic mass is 32.2. The Balaban J connectivity index is 1.46. The van der Waals surface area contributed by atoms with Crippen LogP contribution >= 0.6 is 11.8 Å². The minimum absolute atomic E-state index is 0.376. The van der Waals surface area contributed by atoms with Crippen molar-refractivity contribution in [3.63, 3.8) is 0 Å². The van der Waals surface area contributed by atoms with Gasteiger partial charge in [0.15, 0.2) is 10.9 Å². The summed E-state index contributed by atoms with van der Waals surface area (Å²) < 4.78 is 16.3. The maximum atomic E-state index is 5.58. The molecule has 1 N–H and O–H groups in total. The van der Waals surface area contributed by atoms with E-state index in [0.717, 1.165) is 21.9 Å². The van der Waals surface area contributed by atoms with Crippen LogP contribution in [0.5, 0.6) is 5.75 Å². The third-order valence-electron chi connectivity index (χ3n) is 3.27. The number of hydrogen-bond donors (Lipinski definition) is 1. The van der Waals surface area contributed by atoms with Gasteiger partial charge in [-0.1, -0.05) is 11.8 Å². The number of benzene rings is 1. The van der Waals surface area contributed by atoms with E-state index in [0.29, 0.717) is 29.9 Å².